The number of hydrogen-bond acceptors (Lipinski definition) is 1. The molecule has 0 aromatic heterocycles. The van der Waals surface area contributed by atoms with Crippen molar-refractivity contribution in [3.8, 4) is 0 Å². The van der Waals surface area contributed by atoms with Gasteiger partial charge < -0.3 is 15.5 Å². The maximum absolute atomic E-state index is 6.15. The highest BCUT2D eigenvalue weighted by atomic mass is 35.5. The molecule has 3 N–H and O–H groups in total. The predicted molar refractivity (Wildman–Crippen MR) is 107 cm³/mol. The third-order valence-electron chi connectivity index (χ3n) is 4.08. The van der Waals surface area contributed by atoms with Crippen LogP contribution in [-0.2, 0) is 6.42 Å². The number of anilines is 1. The summed E-state index contributed by atoms with van der Waals surface area (Å²) in [6.07, 6.45) is 1.01. The van der Waals surface area contributed by atoms with Crippen LogP contribution in [0.2, 0.25) is 5.02 Å². The SMILES string of the molecule is Cc1ccc(NC(=S)NC[C@@H](Cc2ccccc2)[NH+](C)C)cc1Cl. The molecule has 5 heteroatoms. The lowest BCUT2D eigenvalue weighted by atomic mass is 10.1. The van der Waals surface area contributed by atoms with Gasteiger partial charge in [0.05, 0.1) is 20.6 Å². The van der Waals surface area contributed by atoms with E-state index in [4.69, 9.17) is 23.8 Å². The number of likely N-dealkylation sites (N-methyl/N-ethyl adjacent to an activating group) is 1. The largest absolute Gasteiger partial charge is 0.356 e. The molecule has 2 aromatic carbocycles. The van der Waals surface area contributed by atoms with Crippen molar-refractivity contribution in [3.05, 3.63) is 64.7 Å². The van der Waals surface area contributed by atoms with Gasteiger partial charge in [0.15, 0.2) is 5.11 Å². The first-order valence-electron chi connectivity index (χ1n) is 8.10. The molecule has 0 aliphatic heterocycles. The maximum Gasteiger partial charge on any atom is 0.170 e. The molecule has 128 valence electrons. The molecule has 0 saturated heterocycles. The Labute approximate surface area is 155 Å². The fourth-order valence-corrected chi connectivity index (χ4v) is 2.82. The van der Waals surface area contributed by atoms with Crippen molar-refractivity contribution >= 4 is 34.6 Å². The lowest BCUT2D eigenvalue weighted by Crippen LogP contribution is -3.11. The Balaban J connectivity index is 1.89. The van der Waals surface area contributed by atoms with Crippen LogP contribution in [0.25, 0.3) is 0 Å². The number of benzene rings is 2. The Kier molecular flexibility index (Phi) is 7.03. The summed E-state index contributed by atoms with van der Waals surface area (Å²) < 4.78 is 0. The minimum absolute atomic E-state index is 0.439. The van der Waals surface area contributed by atoms with Crippen molar-refractivity contribution < 1.29 is 4.90 Å². The minimum Gasteiger partial charge on any atom is -0.356 e. The van der Waals surface area contributed by atoms with Gasteiger partial charge in [0.25, 0.3) is 0 Å². The van der Waals surface area contributed by atoms with Crippen molar-refractivity contribution in [2.75, 3.05) is 26.0 Å². The fraction of sp³-hybridized carbons (Fsp3) is 0.316. The second-order valence-corrected chi connectivity index (χ2v) is 7.08. The van der Waals surface area contributed by atoms with E-state index in [1.54, 1.807) is 0 Å². The Bertz CT molecular complexity index is 674. The van der Waals surface area contributed by atoms with E-state index in [1.165, 1.54) is 10.5 Å². The highest BCUT2D eigenvalue weighted by molar-refractivity contribution is 7.80. The van der Waals surface area contributed by atoms with Gasteiger partial charge in [0, 0.05) is 17.1 Å². The van der Waals surface area contributed by atoms with Crippen LogP contribution in [0.4, 0.5) is 5.69 Å². The number of nitrogens with one attached hydrogen (secondary N) is 3. The van der Waals surface area contributed by atoms with E-state index in [1.807, 2.05) is 31.2 Å². The zero-order valence-corrected chi connectivity index (χ0v) is 16.0. The quantitative estimate of drug-likeness (QED) is 0.690. The highest BCUT2D eigenvalue weighted by Crippen LogP contribution is 2.19. The molecule has 24 heavy (non-hydrogen) atoms. The topological polar surface area (TPSA) is 28.5 Å². The Morgan fingerprint density at radius 1 is 1.17 bits per heavy atom. The van der Waals surface area contributed by atoms with E-state index < -0.39 is 0 Å². The summed E-state index contributed by atoms with van der Waals surface area (Å²) in [4.78, 5) is 1.40. The van der Waals surface area contributed by atoms with E-state index in [-0.39, 0.29) is 0 Å². The van der Waals surface area contributed by atoms with Gasteiger partial charge in [0.1, 0.15) is 6.04 Å². The maximum atomic E-state index is 6.15. The first kappa shape index (κ1) is 18.7. The van der Waals surface area contributed by atoms with Gasteiger partial charge >= 0.3 is 0 Å². The molecule has 2 rings (SSSR count). The molecule has 0 bridgehead atoms. The van der Waals surface area contributed by atoms with Crippen LogP contribution in [0.5, 0.6) is 0 Å². The van der Waals surface area contributed by atoms with Crippen LogP contribution in [-0.4, -0.2) is 31.8 Å². The number of thiocarbonyl (C=S) groups is 1. The molecule has 0 spiro atoms. The average molecular weight is 363 g/mol. The van der Waals surface area contributed by atoms with E-state index >= 15 is 0 Å². The van der Waals surface area contributed by atoms with Crippen LogP contribution in [0, 0.1) is 6.92 Å². The van der Waals surface area contributed by atoms with Crippen molar-refractivity contribution in [2.24, 2.45) is 0 Å². The van der Waals surface area contributed by atoms with Crippen molar-refractivity contribution in [1.29, 1.82) is 0 Å². The average Bonchev–Trinajstić information content (AvgIpc) is 2.55. The summed E-state index contributed by atoms with van der Waals surface area (Å²) in [6, 6.07) is 16.8. The summed E-state index contributed by atoms with van der Waals surface area (Å²) in [7, 11) is 4.34. The van der Waals surface area contributed by atoms with Gasteiger partial charge in [-0.15, -0.1) is 0 Å². The summed E-state index contributed by atoms with van der Waals surface area (Å²) in [5.74, 6) is 0. The molecular weight excluding hydrogens is 338 g/mol. The lowest BCUT2D eigenvalue weighted by Gasteiger charge is -2.23. The molecule has 1 atom stereocenters. The summed E-state index contributed by atoms with van der Waals surface area (Å²) in [5, 5.41) is 7.88. The number of rotatable bonds is 6. The molecule has 0 aliphatic rings. The summed E-state index contributed by atoms with van der Waals surface area (Å²) >= 11 is 11.6. The molecule has 0 radical (unpaired) electrons. The van der Waals surface area contributed by atoms with Crippen molar-refractivity contribution in [2.45, 2.75) is 19.4 Å². The van der Waals surface area contributed by atoms with Gasteiger partial charge in [-0.1, -0.05) is 48.0 Å². The first-order valence-corrected chi connectivity index (χ1v) is 8.89. The van der Waals surface area contributed by atoms with E-state index in [9.17, 15) is 0 Å². The molecule has 0 unspecified atom stereocenters. The van der Waals surface area contributed by atoms with E-state index in [2.05, 4.69) is 49.0 Å². The zero-order valence-electron chi connectivity index (χ0n) is 14.4. The predicted octanol–water partition coefficient (Wildman–Crippen LogP) is 2.69. The van der Waals surface area contributed by atoms with E-state index in [0.29, 0.717) is 11.2 Å². The van der Waals surface area contributed by atoms with Gasteiger partial charge in [-0.3, -0.25) is 0 Å². The molecule has 0 fully saturated rings. The van der Waals surface area contributed by atoms with Crippen LogP contribution in [0.3, 0.4) is 0 Å². The second-order valence-electron chi connectivity index (χ2n) is 6.26. The van der Waals surface area contributed by atoms with Crippen molar-refractivity contribution in [3.63, 3.8) is 0 Å². The molecular formula is C19H25ClN3S+. The highest BCUT2D eigenvalue weighted by Gasteiger charge is 2.16. The van der Waals surface area contributed by atoms with Crippen LogP contribution in [0.1, 0.15) is 11.1 Å². The first-order chi connectivity index (χ1) is 11.5. The smallest absolute Gasteiger partial charge is 0.170 e. The van der Waals surface area contributed by atoms with E-state index in [0.717, 1.165) is 29.2 Å². The molecule has 2 aromatic rings. The number of hydrogen-bond donors (Lipinski definition) is 3. The zero-order chi connectivity index (χ0) is 17.5. The summed E-state index contributed by atoms with van der Waals surface area (Å²) in [6.45, 7) is 2.79. The number of halogens is 1. The van der Waals surface area contributed by atoms with Gasteiger partial charge in [-0.05, 0) is 42.4 Å². The Morgan fingerprint density at radius 2 is 1.88 bits per heavy atom. The standard InChI is InChI=1S/C19H24ClN3S/c1-14-9-10-16(12-18(14)20)22-19(24)21-13-17(23(2)3)11-15-7-5-4-6-8-15/h4-10,12,17H,11,13H2,1-3H3,(H2,21,22,24)/p+1/t17-/m1/s1. The third-order valence-corrected chi connectivity index (χ3v) is 4.73. The molecule has 0 amide bonds. The van der Waals surface area contributed by atoms with Crippen molar-refractivity contribution in [1.82, 2.24) is 5.32 Å². The minimum atomic E-state index is 0.439. The Morgan fingerprint density at radius 3 is 2.50 bits per heavy atom. The van der Waals surface area contributed by atoms with Gasteiger partial charge in [-0.25, -0.2) is 0 Å². The molecule has 0 aliphatic carbocycles. The van der Waals surface area contributed by atoms with Gasteiger partial charge in [0.2, 0.25) is 0 Å². The van der Waals surface area contributed by atoms with Crippen LogP contribution < -0.4 is 15.5 Å². The van der Waals surface area contributed by atoms with Gasteiger partial charge in [-0.2, -0.15) is 0 Å². The monoisotopic (exact) mass is 362 g/mol. The fourth-order valence-electron chi connectivity index (χ4n) is 2.44. The normalized spacial score (nSPS) is 12.0. The third kappa shape index (κ3) is 5.78. The molecule has 3 nitrogen and oxygen atoms in total. The number of quaternary nitrogens is 1. The Hall–Kier alpha value is -1.62. The summed E-state index contributed by atoms with van der Waals surface area (Å²) in [5.41, 5.74) is 3.30. The van der Waals surface area contributed by atoms with Crippen LogP contribution >= 0.6 is 23.8 Å². The molecule has 0 heterocycles. The second kappa shape index (κ2) is 9.02. The lowest BCUT2D eigenvalue weighted by molar-refractivity contribution is -0.884. The van der Waals surface area contributed by atoms with Crippen LogP contribution in [0.15, 0.2) is 48.5 Å². The molecule has 0 saturated carbocycles. The number of aryl methyl sites for hydroxylation is 1.